The molecule has 31 heavy (non-hydrogen) atoms. The van der Waals surface area contributed by atoms with Crippen molar-refractivity contribution in [2.45, 2.75) is 31.1 Å². The Labute approximate surface area is 184 Å². The molecule has 1 atom stereocenters. The largest absolute Gasteiger partial charge is 0.349 e. The average molecular weight is 433 g/mol. The summed E-state index contributed by atoms with van der Waals surface area (Å²) in [5, 5.41) is 12.4. The third-order valence-corrected chi connectivity index (χ3v) is 6.15. The van der Waals surface area contributed by atoms with Crippen LogP contribution in [0.25, 0.3) is 10.8 Å². The van der Waals surface area contributed by atoms with Crippen LogP contribution in [0.3, 0.4) is 0 Å². The zero-order chi connectivity index (χ0) is 21.6. The predicted molar refractivity (Wildman–Crippen MR) is 124 cm³/mol. The molecule has 0 aliphatic rings. The highest BCUT2D eigenvalue weighted by molar-refractivity contribution is 7.99. The van der Waals surface area contributed by atoms with Gasteiger partial charge in [0.25, 0.3) is 0 Å². The van der Waals surface area contributed by atoms with Crippen molar-refractivity contribution in [1.82, 2.24) is 20.1 Å². The molecule has 1 amide bonds. The molecule has 158 valence electrons. The number of nitrogens with one attached hydrogen (secondary N) is 2. The third kappa shape index (κ3) is 5.24. The number of hydrogen-bond donors (Lipinski definition) is 2. The first-order valence-corrected chi connectivity index (χ1v) is 11.2. The van der Waals surface area contributed by atoms with E-state index in [-0.39, 0.29) is 23.4 Å². The van der Waals surface area contributed by atoms with Gasteiger partial charge in [-0.2, -0.15) is 0 Å². The molecule has 4 aromatic rings. The summed E-state index contributed by atoms with van der Waals surface area (Å²) in [5.41, 5.74) is 1.94. The molecule has 0 bridgehead atoms. The van der Waals surface area contributed by atoms with Crippen molar-refractivity contribution in [3.8, 4) is 0 Å². The summed E-state index contributed by atoms with van der Waals surface area (Å²) in [5.74, 6) is 0.0869. The summed E-state index contributed by atoms with van der Waals surface area (Å²) in [6.07, 6.45) is 0.721. The maximum absolute atomic E-state index is 12.5. The van der Waals surface area contributed by atoms with Gasteiger partial charge in [-0.3, -0.25) is 9.36 Å². The van der Waals surface area contributed by atoms with Gasteiger partial charge in [0.2, 0.25) is 5.91 Å². The van der Waals surface area contributed by atoms with Crippen molar-refractivity contribution in [3.63, 3.8) is 0 Å². The Morgan fingerprint density at radius 1 is 1.06 bits per heavy atom. The Kier molecular flexibility index (Phi) is 6.52. The molecule has 0 aliphatic heterocycles. The van der Waals surface area contributed by atoms with Gasteiger partial charge in [0.15, 0.2) is 5.16 Å². The highest BCUT2D eigenvalue weighted by Gasteiger charge is 2.14. The number of aryl methyl sites for hydroxylation is 1. The predicted octanol–water partition coefficient (Wildman–Crippen LogP) is 3.94. The molecule has 7 heteroatoms. The molecule has 0 saturated carbocycles. The van der Waals surface area contributed by atoms with Crippen LogP contribution in [0.4, 0.5) is 0 Å². The highest BCUT2D eigenvalue weighted by Crippen LogP contribution is 2.21. The molecule has 3 aromatic carbocycles. The average Bonchev–Trinajstić information content (AvgIpc) is 3.15. The molecule has 0 aliphatic carbocycles. The number of amides is 1. The molecule has 1 heterocycles. The number of fused-ring (bicyclic) bond motifs is 1. The quantitative estimate of drug-likeness (QED) is 0.414. The van der Waals surface area contributed by atoms with Crippen molar-refractivity contribution in [2.24, 2.45) is 0 Å². The highest BCUT2D eigenvalue weighted by atomic mass is 32.2. The smallest absolute Gasteiger partial charge is 0.343 e. The molecule has 0 spiro atoms. The number of aromatic nitrogens is 3. The lowest BCUT2D eigenvalue weighted by Crippen LogP contribution is -2.28. The van der Waals surface area contributed by atoms with E-state index in [0.717, 1.165) is 22.9 Å². The number of H-pyrrole nitrogens is 1. The minimum atomic E-state index is -0.261. The Morgan fingerprint density at radius 2 is 1.81 bits per heavy atom. The van der Waals surface area contributed by atoms with Crippen LogP contribution < -0.4 is 11.0 Å². The van der Waals surface area contributed by atoms with E-state index in [1.165, 1.54) is 17.1 Å². The molecular formula is C24H24N4O2S. The summed E-state index contributed by atoms with van der Waals surface area (Å²) in [4.78, 5) is 24.6. The number of aromatic amines is 1. The van der Waals surface area contributed by atoms with Crippen LogP contribution in [0.5, 0.6) is 0 Å². The number of carbonyl (C=O) groups is 1. The Hall–Kier alpha value is -3.32. The van der Waals surface area contributed by atoms with Crippen LogP contribution in [0, 0.1) is 0 Å². The van der Waals surface area contributed by atoms with E-state index in [1.54, 1.807) is 4.57 Å². The summed E-state index contributed by atoms with van der Waals surface area (Å²) in [6, 6.07) is 24.2. The minimum absolute atomic E-state index is 0.101. The molecule has 2 N–H and O–H groups in total. The second-order valence-electron chi connectivity index (χ2n) is 7.38. The van der Waals surface area contributed by atoms with Crippen molar-refractivity contribution in [2.75, 3.05) is 5.75 Å². The molecule has 1 aromatic heterocycles. The van der Waals surface area contributed by atoms with Crippen molar-refractivity contribution >= 4 is 28.4 Å². The Morgan fingerprint density at radius 3 is 2.61 bits per heavy atom. The van der Waals surface area contributed by atoms with Crippen LogP contribution in [-0.2, 0) is 17.8 Å². The summed E-state index contributed by atoms with van der Waals surface area (Å²) >= 11 is 1.26. The first kappa shape index (κ1) is 20.9. The van der Waals surface area contributed by atoms with Gasteiger partial charge < -0.3 is 5.32 Å². The lowest BCUT2D eigenvalue weighted by molar-refractivity contribution is -0.119. The second kappa shape index (κ2) is 9.66. The van der Waals surface area contributed by atoms with E-state index in [0.29, 0.717) is 11.7 Å². The molecule has 1 unspecified atom stereocenters. The Bertz CT molecular complexity index is 1230. The minimum Gasteiger partial charge on any atom is -0.349 e. The van der Waals surface area contributed by atoms with Gasteiger partial charge in [-0.1, -0.05) is 78.5 Å². The van der Waals surface area contributed by atoms with E-state index in [2.05, 4.69) is 39.8 Å². The molecule has 0 fully saturated rings. The number of nitrogens with zero attached hydrogens (tertiary/aromatic N) is 2. The SMILES string of the molecule is CC(NC(=O)CSc1n[nH]c(=O)n1CCc1ccccc1)c1ccc2ccccc2c1. The van der Waals surface area contributed by atoms with Crippen LogP contribution in [0.2, 0.25) is 0 Å². The maximum Gasteiger partial charge on any atom is 0.343 e. The fraction of sp³-hybridized carbons (Fsp3) is 0.208. The summed E-state index contributed by atoms with van der Waals surface area (Å²) in [7, 11) is 0. The maximum atomic E-state index is 12.5. The zero-order valence-corrected chi connectivity index (χ0v) is 18.1. The number of benzene rings is 3. The molecular weight excluding hydrogens is 408 g/mol. The molecule has 0 saturated heterocycles. The van der Waals surface area contributed by atoms with Gasteiger partial charge in [-0.25, -0.2) is 9.89 Å². The number of thioether (sulfide) groups is 1. The monoisotopic (exact) mass is 432 g/mol. The summed E-state index contributed by atoms with van der Waals surface area (Å²) in [6.45, 7) is 2.48. The molecule has 4 rings (SSSR count). The van der Waals surface area contributed by atoms with Gasteiger partial charge >= 0.3 is 5.69 Å². The fourth-order valence-corrected chi connectivity index (χ4v) is 4.25. The van der Waals surface area contributed by atoms with E-state index in [1.807, 2.05) is 55.5 Å². The fourth-order valence-electron chi connectivity index (χ4n) is 3.47. The molecule has 6 nitrogen and oxygen atoms in total. The third-order valence-electron chi connectivity index (χ3n) is 5.17. The summed E-state index contributed by atoms with van der Waals surface area (Å²) < 4.78 is 1.58. The van der Waals surface area contributed by atoms with Crippen LogP contribution in [0.1, 0.15) is 24.1 Å². The molecule has 0 radical (unpaired) electrons. The van der Waals surface area contributed by atoms with Crippen molar-refractivity contribution in [1.29, 1.82) is 0 Å². The van der Waals surface area contributed by atoms with E-state index < -0.39 is 0 Å². The van der Waals surface area contributed by atoms with Crippen LogP contribution in [-0.4, -0.2) is 26.4 Å². The first-order chi connectivity index (χ1) is 15.1. The first-order valence-electron chi connectivity index (χ1n) is 10.2. The number of hydrogen-bond acceptors (Lipinski definition) is 4. The topological polar surface area (TPSA) is 79.8 Å². The normalized spacial score (nSPS) is 12.0. The van der Waals surface area contributed by atoms with Gasteiger partial charge in [0, 0.05) is 6.54 Å². The lowest BCUT2D eigenvalue weighted by atomic mass is 10.0. The second-order valence-corrected chi connectivity index (χ2v) is 8.33. The van der Waals surface area contributed by atoms with E-state index >= 15 is 0 Å². The number of rotatable bonds is 8. The number of carbonyl (C=O) groups excluding carboxylic acids is 1. The van der Waals surface area contributed by atoms with Gasteiger partial charge in [0.05, 0.1) is 11.8 Å². The van der Waals surface area contributed by atoms with E-state index in [4.69, 9.17) is 0 Å². The van der Waals surface area contributed by atoms with Crippen molar-refractivity contribution < 1.29 is 4.79 Å². The van der Waals surface area contributed by atoms with E-state index in [9.17, 15) is 9.59 Å². The van der Waals surface area contributed by atoms with Crippen molar-refractivity contribution in [3.05, 3.63) is 94.4 Å². The van der Waals surface area contributed by atoms with Crippen LogP contribution >= 0.6 is 11.8 Å². The lowest BCUT2D eigenvalue weighted by Gasteiger charge is -2.15. The van der Waals surface area contributed by atoms with Gasteiger partial charge in [0.1, 0.15) is 0 Å². The van der Waals surface area contributed by atoms with Crippen LogP contribution in [0.15, 0.2) is 82.7 Å². The standard InChI is InChI=1S/C24H24N4O2S/c1-17(20-12-11-19-9-5-6-10-21(19)15-20)25-22(29)16-31-24-27-26-23(30)28(24)14-13-18-7-3-2-4-8-18/h2-12,15,17H,13-14,16H2,1H3,(H,25,29)(H,26,30). The van der Waals surface area contributed by atoms with Gasteiger partial charge in [-0.05, 0) is 41.3 Å². The Balaban J connectivity index is 1.34. The van der Waals surface area contributed by atoms with Gasteiger partial charge in [-0.15, -0.1) is 5.10 Å². The zero-order valence-electron chi connectivity index (χ0n) is 17.2.